The second-order valence-corrected chi connectivity index (χ2v) is 9.03. The number of hydrogen-bond donors (Lipinski definition) is 0. The smallest absolute Gasteiger partial charge is 0.171 e. The first-order valence-electron chi connectivity index (χ1n) is 13.4. The van der Waals surface area contributed by atoms with Crippen molar-refractivity contribution in [2.75, 3.05) is 33.0 Å². The Morgan fingerprint density at radius 1 is 0.771 bits per heavy atom. The van der Waals surface area contributed by atoms with Crippen LogP contribution in [0.5, 0.6) is 0 Å². The van der Waals surface area contributed by atoms with Crippen molar-refractivity contribution in [3.63, 3.8) is 0 Å². The monoisotopic (exact) mass is 482 g/mol. The lowest BCUT2D eigenvalue weighted by Crippen LogP contribution is -2.33. The minimum Gasteiger partial charge on any atom is -0.381 e. The number of nitrogens with zero attached hydrogens (tertiary/aromatic N) is 5. The number of rotatable bonds is 22. The maximum absolute atomic E-state index is 8.24. The highest BCUT2D eigenvalue weighted by atomic mass is 16.5. The summed E-state index contributed by atoms with van der Waals surface area (Å²) in [7, 11) is 0. The topological polar surface area (TPSA) is 84.0 Å². The van der Waals surface area contributed by atoms with Crippen LogP contribution < -0.4 is 4.57 Å². The Hall–Kier alpha value is -2.47. The van der Waals surface area contributed by atoms with Crippen molar-refractivity contribution >= 4 is 0 Å². The molecule has 0 aromatic carbocycles. The highest BCUT2D eigenvalue weighted by Crippen LogP contribution is 2.05. The van der Waals surface area contributed by atoms with Crippen LogP contribution in [0.15, 0.2) is 54.2 Å². The number of hydrogen-bond acceptors (Lipinski definition) is 4. The fourth-order valence-electron chi connectivity index (χ4n) is 4.01. The maximum atomic E-state index is 8.24. The molecular formula is C28H44N5O2+. The van der Waals surface area contributed by atoms with Gasteiger partial charge in [0, 0.05) is 68.3 Å². The molecule has 0 saturated heterocycles. The molecule has 2 rings (SSSR count). The average Bonchev–Trinajstić information content (AvgIpc) is 2.89. The Balaban J connectivity index is 1.39. The standard InChI is InChI=1S/C28H44N5O2/c29-32-31-18-5-1-3-7-21-35-24-12-16-28-14-10-20-33(26-28)19-6-2-4-8-22-34-23-11-15-27-13-9-17-30-25-27/h9-10,13-14,17,20,25-26H,1-8,11-12,15-16,18-19,21-24H2/q+1. The largest absolute Gasteiger partial charge is 0.381 e. The van der Waals surface area contributed by atoms with E-state index in [2.05, 4.69) is 50.2 Å². The van der Waals surface area contributed by atoms with E-state index in [9.17, 15) is 0 Å². The van der Waals surface area contributed by atoms with Crippen LogP contribution in [-0.2, 0) is 28.9 Å². The van der Waals surface area contributed by atoms with Gasteiger partial charge in [-0.15, -0.1) is 0 Å². The van der Waals surface area contributed by atoms with Crippen molar-refractivity contribution < 1.29 is 14.0 Å². The summed E-state index contributed by atoms with van der Waals surface area (Å²) in [6, 6.07) is 8.49. The minimum absolute atomic E-state index is 0.609. The number of ether oxygens (including phenoxy) is 2. The first-order valence-corrected chi connectivity index (χ1v) is 13.4. The summed E-state index contributed by atoms with van der Waals surface area (Å²) >= 11 is 0. The Labute approximate surface area is 211 Å². The molecule has 0 atom stereocenters. The lowest BCUT2D eigenvalue weighted by Gasteiger charge is -2.05. The quantitative estimate of drug-likeness (QED) is 0.0640. The zero-order valence-electron chi connectivity index (χ0n) is 21.4. The van der Waals surface area contributed by atoms with Gasteiger partial charge in [-0.3, -0.25) is 4.98 Å². The molecule has 0 aliphatic heterocycles. The molecule has 2 heterocycles. The lowest BCUT2D eigenvalue weighted by molar-refractivity contribution is -0.697. The summed E-state index contributed by atoms with van der Waals surface area (Å²) in [5.74, 6) is 0. The highest BCUT2D eigenvalue weighted by Gasteiger charge is 2.03. The molecule has 0 aliphatic carbocycles. The summed E-state index contributed by atoms with van der Waals surface area (Å²) in [5.41, 5.74) is 10.9. The molecule has 0 unspecified atom stereocenters. The summed E-state index contributed by atoms with van der Waals surface area (Å²) in [6.45, 7) is 5.04. The summed E-state index contributed by atoms with van der Waals surface area (Å²) in [4.78, 5) is 6.92. The van der Waals surface area contributed by atoms with E-state index in [1.165, 1.54) is 30.4 Å². The average molecular weight is 483 g/mol. The van der Waals surface area contributed by atoms with E-state index in [4.69, 9.17) is 15.0 Å². The Morgan fingerprint density at radius 3 is 2.14 bits per heavy atom. The molecule has 0 fully saturated rings. The Morgan fingerprint density at radius 2 is 1.43 bits per heavy atom. The molecule has 0 spiro atoms. The normalized spacial score (nSPS) is 10.9. The van der Waals surface area contributed by atoms with E-state index >= 15 is 0 Å². The van der Waals surface area contributed by atoms with Crippen LogP contribution in [0.1, 0.15) is 75.3 Å². The van der Waals surface area contributed by atoms with Gasteiger partial charge < -0.3 is 9.47 Å². The minimum atomic E-state index is 0.609. The van der Waals surface area contributed by atoms with Gasteiger partial charge in [0.25, 0.3) is 0 Å². The van der Waals surface area contributed by atoms with Crippen LogP contribution in [0.25, 0.3) is 10.4 Å². The van der Waals surface area contributed by atoms with Gasteiger partial charge >= 0.3 is 0 Å². The van der Waals surface area contributed by atoms with Crippen molar-refractivity contribution in [3.05, 3.63) is 70.6 Å². The molecule has 0 bridgehead atoms. The van der Waals surface area contributed by atoms with E-state index in [1.807, 2.05) is 18.5 Å². The summed E-state index contributed by atoms with van der Waals surface area (Å²) in [5, 5.41) is 3.55. The summed E-state index contributed by atoms with van der Waals surface area (Å²) in [6.07, 6.45) is 21.6. The van der Waals surface area contributed by atoms with Gasteiger partial charge in [0.15, 0.2) is 12.4 Å². The van der Waals surface area contributed by atoms with Gasteiger partial charge in [0.1, 0.15) is 6.54 Å². The third kappa shape index (κ3) is 15.9. The van der Waals surface area contributed by atoms with Gasteiger partial charge in [0.05, 0.1) is 0 Å². The third-order valence-electron chi connectivity index (χ3n) is 5.97. The summed E-state index contributed by atoms with van der Waals surface area (Å²) < 4.78 is 13.9. The molecule has 0 amide bonds. The van der Waals surface area contributed by atoms with Gasteiger partial charge in [-0.2, -0.15) is 0 Å². The molecule has 7 nitrogen and oxygen atoms in total. The lowest BCUT2D eigenvalue weighted by atomic mass is 10.1. The zero-order valence-corrected chi connectivity index (χ0v) is 21.4. The molecule has 2 aromatic heterocycles. The molecular weight excluding hydrogens is 438 g/mol. The zero-order chi connectivity index (χ0) is 24.7. The van der Waals surface area contributed by atoms with Crippen LogP contribution in [-0.4, -0.2) is 38.0 Å². The molecule has 0 radical (unpaired) electrons. The number of aromatic nitrogens is 2. The van der Waals surface area contributed by atoms with Crippen LogP contribution in [0.2, 0.25) is 0 Å². The van der Waals surface area contributed by atoms with Crippen LogP contribution in [0, 0.1) is 0 Å². The molecule has 0 saturated carbocycles. The van der Waals surface area contributed by atoms with E-state index in [0.717, 1.165) is 90.8 Å². The van der Waals surface area contributed by atoms with Gasteiger partial charge in [-0.25, -0.2) is 4.57 Å². The Kier molecular flexibility index (Phi) is 17.1. The van der Waals surface area contributed by atoms with E-state index in [0.29, 0.717) is 6.54 Å². The maximum Gasteiger partial charge on any atom is 0.171 e. The molecule has 192 valence electrons. The fraction of sp³-hybridized carbons (Fsp3) is 0.643. The van der Waals surface area contributed by atoms with Crippen molar-refractivity contribution in [2.24, 2.45) is 5.11 Å². The number of pyridine rings is 2. The van der Waals surface area contributed by atoms with Crippen molar-refractivity contribution in [1.29, 1.82) is 0 Å². The van der Waals surface area contributed by atoms with E-state index in [-0.39, 0.29) is 0 Å². The van der Waals surface area contributed by atoms with Gasteiger partial charge in [-0.05, 0) is 74.6 Å². The molecule has 7 heteroatoms. The van der Waals surface area contributed by atoms with Crippen LogP contribution in [0.3, 0.4) is 0 Å². The molecule has 0 N–H and O–H groups in total. The van der Waals surface area contributed by atoms with Crippen LogP contribution in [0.4, 0.5) is 0 Å². The second-order valence-electron chi connectivity index (χ2n) is 9.03. The van der Waals surface area contributed by atoms with E-state index < -0.39 is 0 Å². The van der Waals surface area contributed by atoms with Gasteiger partial charge in [0.2, 0.25) is 0 Å². The number of unbranched alkanes of at least 4 members (excludes halogenated alkanes) is 6. The van der Waals surface area contributed by atoms with Crippen molar-refractivity contribution in [2.45, 2.75) is 83.6 Å². The van der Waals surface area contributed by atoms with Crippen LogP contribution >= 0.6 is 0 Å². The fourth-order valence-corrected chi connectivity index (χ4v) is 4.01. The first-order chi connectivity index (χ1) is 17.4. The van der Waals surface area contributed by atoms with E-state index in [1.54, 1.807) is 0 Å². The van der Waals surface area contributed by atoms with Gasteiger partial charge in [-0.1, -0.05) is 30.4 Å². The second kappa shape index (κ2) is 20.9. The highest BCUT2D eigenvalue weighted by molar-refractivity contribution is 5.08. The van der Waals surface area contributed by atoms with Crippen molar-refractivity contribution in [3.8, 4) is 0 Å². The molecule has 35 heavy (non-hydrogen) atoms. The predicted octanol–water partition coefficient (Wildman–Crippen LogP) is 6.40. The SMILES string of the molecule is [N-]=[N+]=NCCCCCCOCCCc1ccc[n+](CCCCCCOCCCc2cccnc2)c1. The number of azide groups is 1. The molecule has 2 aromatic rings. The first kappa shape index (κ1) is 28.8. The number of aryl methyl sites for hydroxylation is 3. The molecule has 0 aliphatic rings. The Bertz CT molecular complexity index is 812. The predicted molar refractivity (Wildman–Crippen MR) is 140 cm³/mol. The van der Waals surface area contributed by atoms with Crippen molar-refractivity contribution in [1.82, 2.24) is 4.98 Å². The third-order valence-corrected chi connectivity index (χ3v) is 5.97.